The molecule has 3 rings (SSSR count). The summed E-state index contributed by atoms with van der Waals surface area (Å²) in [6.07, 6.45) is 1.62. The minimum Gasteiger partial charge on any atom is -0.341 e. The van der Waals surface area contributed by atoms with Crippen molar-refractivity contribution in [2.75, 3.05) is 25.0 Å². The summed E-state index contributed by atoms with van der Waals surface area (Å²) in [5.41, 5.74) is 0.181. The maximum Gasteiger partial charge on any atom is 0.332 e. The quantitative estimate of drug-likeness (QED) is 0.345. The third-order valence-corrected chi connectivity index (χ3v) is 6.54. The molecule has 1 unspecified atom stereocenters. The first kappa shape index (κ1) is 25.3. The van der Waals surface area contributed by atoms with Gasteiger partial charge in [0, 0.05) is 41.1 Å². The summed E-state index contributed by atoms with van der Waals surface area (Å²) in [6.45, 7) is 2.61. The Morgan fingerprint density at radius 3 is 2.30 bits per heavy atom. The van der Waals surface area contributed by atoms with Crippen molar-refractivity contribution in [2.24, 2.45) is 0 Å². The van der Waals surface area contributed by atoms with Crippen LogP contribution in [0.5, 0.6) is 0 Å². The van der Waals surface area contributed by atoms with Crippen molar-refractivity contribution in [1.82, 2.24) is 15.5 Å². The van der Waals surface area contributed by atoms with Crippen LogP contribution in [0.15, 0.2) is 46.9 Å². The van der Waals surface area contributed by atoms with Gasteiger partial charge in [-0.3, -0.25) is 4.79 Å². The van der Waals surface area contributed by atoms with Gasteiger partial charge >= 0.3 is 12.1 Å². The number of amides is 5. The van der Waals surface area contributed by atoms with Gasteiger partial charge in [-0.2, -0.15) is 0 Å². The predicted octanol–water partition coefficient (Wildman–Crippen LogP) is 5.24. The molecule has 5 amide bonds. The Hall–Kier alpha value is -2.29. The van der Waals surface area contributed by atoms with Crippen LogP contribution in [0.4, 0.5) is 15.3 Å². The lowest BCUT2D eigenvalue weighted by molar-refractivity contribution is -0.124. The highest BCUT2D eigenvalue weighted by Gasteiger charge is 2.54. The van der Waals surface area contributed by atoms with Gasteiger partial charge in [0.25, 0.3) is 5.91 Å². The fraction of sp³-hybridized carbons (Fsp3) is 0.348. The van der Waals surface area contributed by atoms with Gasteiger partial charge in [0.2, 0.25) is 0 Å². The molecular weight excluding hydrogens is 531 g/mol. The van der Waals surface area contributed by atoms with Crippen LogP contribution in [0.2, 0.25) is 10.0 Å². The second kappa shape index (κ2) is 10.8. The molecule has 176 valence electrons. The summed E-state index contributed by atoms with van der Waals surface area (Å²) in [5.74, 6) is -0.336. The van der Waals surface area contributed by atoms with Gasteiger partial charge in [-0.25, -0.2) is 14.5 Å². The zero-order valence-electron chi connectivity index (χ0n) is 18.3. The van der Waals surface area contributed by atoms with Crippen molar-refractivity contribution < 1.29 is 14.4 Å². The predicted molar refractivity (Wildman–Crippen MR) is 134 cm³/mol. The van der Waals surface area contributed by atoms with E-state index in [1.165, 1.54) is 0 Å². The van der Waals surface area contributed by atoms with E-state index in [9.17, 15) is 14.4 Å². The van der Waals surface area contributed by atoms with E-state index in [1.807, 2.05) is 24.3 Å². The average Bonchev–Trinajstić information content (AvgIpc) is 2.94. The summed E-state index contributed by atoms with van der Waals surface area (Å²) in [7, 11) is 1.55. The van der Waals surface area contributed by atoms with Crippen LogP contribution >= 0.6 is 39.1 Å². The molecule has 1 aliphatic rings. The van der Waals surface area contributed by atoms with Crippen molar-refractivity contribution in [3.63, 3.8) is 0 Å². The number of imide groups is 1. The molecule has 0 spiro atoms. The number of rotatable bonds is 8. The van der Waals surface area contributed by atoms with Crippen molar-refractivity contribution >= 4 is 62.8 Å². The molecule has 1 heterocycles. The molecule has 2 aromatic rings. The fourth-order valence-electron chi connectivity index (χ4n) is 3.87. The number of carbonyl (C=O) groups is 3. The smallest absolute Gasteiger partial charge is 0.332 e. The van der Waals surface area contributed by atoms with Crippen LogP contribution in [0.25, 0.3) is 0 Å². The second-order valence-corrected chi connectivity index (χ2v) is 9.78. The summed E-state index contributed by atoms with van der Waals surface area (Å²) in [5, 5.41) is 5.90. The molecular formula is C23H25BrCl2N4O3. The maximum atomic E-state index is 13.7. The van der Waals surface area contributed by atoms with Gasteiger partial charge in [-0.05, 0) is 55.7 Å². The fourth-order valence-corrected chi connectivity index (χ4v) is 4.65. The molecule has 1 aliphatic heterocycles. The van der Waals surface area contributed by atoms with Gasteiger partial charge in [0.1, 0.15) is 5.54 Å². The van der Waals surface area contributed by atoms with Crippen LogP contribution in [0, 0.1) is 0 Å². The molecule has 2 N–H and O–H groups in total. The highest BCUT2D eigenvalue weighted by atomic mass is 79.9. The van der Waals surface area contributed by atoms with Gasteiger partial charge in [0.15, 0.2) is 0 Å². The molecule has 7 nitrogen and oxygen atoms in total. The number of nitrogens with zero attached hydrogens (tertiary/aromatic N) is 2. The number of hydrogen-bond donors (Lipinski definition) is 2. The summed E-state index contributed by atoms with van der Waals surface area (Å²) in [4.78, 5) is 41.2. The van der Waals surface area contributed by atoms with Crippen LogP contribution in [-0.2, 0) is 11.2 Å². The Kier molecular flexibility index (Phi) is 8.26. The molecule has 0 aromatic heterocycles. The Morgan fingerprint density at radius 2 is 1.70 bits per heavy atom. The Bertz CT molecular complexity index is 1030. The first-order valence-electron chi connectivity index (χ1n) is 10.5. The monoisotopic (exact) mass is 554 g/mol. The zero-order chi connectivity index (χ0) is 24.2. The second-order valence-electron chi connectivity index (χ2n) is 7.99. The summed E-state index contributed by atoms with van der Waals surface area (Å²) in [6, 6.07) is 11.7. The molecule has 33 heavy (non-hydrogen) atoms. The number of unbranched alkanes of at least 4 members (excludes halogenated alkanes) is 1. The molecule has 1 saturated heterocycles. The minimum absolute atomic E-state index is 0.258. The Morgan fingerprint density at radius 1 is 1.06 bits per heavy atom. The normalized spacial score (nSPS) is 18.1. The van der Waals surface area contributed by atoms with E-state index in [1.54, 1.807) is 37.1 Å². The standard InChI is InChI=1S/C23H25BrCl2N4O3/c1-23(14-15-5-7-16(24)8-6-15)20(31)30(19-12-17(25)11-18(26)13-19)22(33)29(23)10-4-3-9-28-21(32)27-2/h5-8,11-13H,3-4,9-10,14H2,1-2H3,(H2,27,28,32). The number of urea groups is 2. The number of carbonyl (C=O) groups excluding carboxylic acids is 3. The third-order valence-electron chi connectivity index (χ3n) is 5.57. The van der Waals surface area contributed by atoms with E-state index in [-0.39, 0.29) is 11.9 Å². The van der Waals surface area contributed by atoms with Crippen molar-refractivity contribution in [3.8, 4) is 0 Å². The maximum absolute atomic E-state index is 13.7. The van der Waals surface area contributed by atoms with Gasteiger partial charge < -0.3 is 15.5 Å². The molecule has 0 radical (unpaired) electrons. The molecule has 2 aromatic carbocycles. The lowest BCUT2D eigenvalue weighted by atomic mass is 9.91. The first-order chi connectivity index (χ1) is 15.7. The van der Waals surface area contributed by atoms with E-state index < -0.39 is 11.6 Å². The van der Waals surface area contributed by atoms with Crippen LogP contribution in [0.1, 0.15) is 25.3 Å². The van der Waals surface area contributed by atoms with E-state index >= 15 is 0 Å². The average molecular weight is 556 g/mol. The van der Waals surface area contributed by atoms with Crippen LogP contribution in [0.3, 0.4) is 0 Å². The number of nitrogens with one attached hydrogen (secondary N) is 2. The number of anilines is 1. The highest BCUT2D eigenvalue weighted by molar-refractivity contribution is 9.10. The lowest BCUT2D eigenvalue weighted by Crippen LogP contribution is -2.49. The number of hydrogen-bond acceptors (Lipinski definition) is 3. The highest BCUT2D eigenvalue weighted by Crippen LogP contribution is 2.37. The van der Waals surface area contributed by atoms with Gasteiger partial charge in [-0.1, -0.05) is 51.3 Å². The Balaban J connectivity index is 1.86. The van der Waals surface area contributed by atoms with Gasteiger partial charge in [-0.15, -0.1) is 0 Å². The zero-order valence-corrected chi connectivity index (χ0v) is 21.4. The van der Waals surface area contributed by atoms with Crippen molar-refractivity contribution in [3.05, 3.63) is 62.5 Å². The molecule has 1 atom stereocenters. The van der Waals surface area contributed by atoms with Crippen LogP contribution in [-0.4, -0.2) is 48.5 Å². The summed E-state index contributed by atoms with van der Waals surface area (Å²) >= 11 is 15.7. The molecule has 0 saturated carbocycles. The minimum atomic E-state index is -1.09. The molecule has 1 fully saturated rings. The largest absolute Gasteiger partial charge is 0.341 e. The van der Waals surface area contributed by atoms with Crippen molar-refractivity contribution in [2.45, 2.75) is 31.7 Å². The first-order valence-corrected chi connectivity index (χ1v) is 12.0. The topological polar surface area (TPSA) is 81.8 Å². The van der Waals surface area contributed by atoms with E-state index in [2.05, 4.69) is 26.6 Å². The summed E-state index contributed by atoms with van der Waals surface area (Å²) < 4.78 is 0.931. The number of halogens is 3. The lowest BCUT2D eigenvalue weighted by Gasteiger charge is -2.32. The third kappa shape index (κ3) is 5.80. The van der Waals surface area contributed by atoms with E-state index in [4.69, 9.17) is 23.2 Å². The van der Waals surface area contributed by atoms with Crippen LogP contribution < -0.4 is 15.5 Å². The van der Waals surface area contributed by atoms with Gasteiger partial charge in [0.05, 0.1) is 5.69 Å². The Labute approximate surface area is 211 Å². The molecule has 0 bridgehead atoms. The number of benzene rings is 2. The SMILES string of the molecule is CNC(=O)NCCCCN1C(=O)N(c2cc(Cl)cc(Cl)c2)C(=O)C1(C)Cc1ccc(Br)cc1. The molecule has 0 aliphatic carbocycles. The van der Waals surface area contributed by atoms with Crippen molar-refractivity contribution in [1.29, 1.82) is 0 Å². The molecule has 10 heteroatoms. The van der Waals surface area contributed by atoms with E-state index in [0.717, 1.165) is 14.9 Å². The van der Waals surface area contributed by atoms with E-state index in [0.29, 0.717) is 48.1 Å².